The van der Waals surface area contributed by atoms with Crippen molar-refractivity contribution >= 4 is 11.6 Å². The molecule has 1 aromatic carbocycles. The summed E-state index contributed by atoms with van der Waals surface area (Å²) in [5.74, 6) is 0.855. The van der Waals surface area contributed by atoms with Gasteiger partial charge in [0, 0.05) is 23.7 Å². The summed E-state index contributed by atoms with van der Waals surface area (Å²) in [6.45, 7) is 3.89. The second-order valence-electron chi connectivity index (χ2n) is 5.07. The van der Waals surface area contributed by atoms with Crippen LogP contribution in [0.3, 0.4) is 0 Å². The summed E-state index contributed by atoms with van der Waals surface area (Å²) in [6.07, 6.45) is 3.31. The molecule has 0 aliphatic carbocycles. The van der Waals surface area contributed by atoms with E-state index in [2.05, 4.69) is 5.32 Å². The molecule has 0 fully saturated rings. The maximum atomic E-state index is 12.2. The van der Waals surface area contributed by atoms with Crippen LogP contribution in [-0.4, -0.2) is 11.9 Å². The first-order valence-corrected chi connectivity index (χ1v) is 6.75. The Kier molecular flexibility index (Phi) is 4.45. The van der Waals surface area contributed by atoms with Crippen LogP contribution >= 0.6 is 0 Å². The number of anilines is 1. The highest BCUT2D eigenvalue weighted by Crippen LogP contribution is 2.13. The van der Waals surface area contributed by atoms with Crippen molar-refractivity contribution in [2.24, 2.45) is 0 Å². The summed E-state index contributed by atoms with van der Waals surface area (Å²) in [4.78, 5) is 12.2. The molecule has 0 radical (unpaired) electrons. The van der Waals surface area contributed by atoms with E-state index in [4.69, 9.17) is 10.2 Å². The van der Waals surface area contributed by atoms with Gasteiger partial charge in [0.25, 0.3) is 5.91 Å². The average Bonchev–Trinajstić information content (AvgIpc) is 2.92. The van der Waals surface area contributed by atoms with Crippen molar-refractivity contribution in [1.82, 2.24) is 5.32 Å². The molecule has 1 unspecified atom stereocenters. The molecule has 0 aliphatic heterocycles. The Morgan fingerprint density at radius 2 is 2.20 bits per heavy atom. The minimum absolute atomic E-state index is 0.0773. The van der Waals surface area contributed by atoms with Gasteiger partial charge in [0.05, 0.1) is 6.26 Å². The molecular formula is C16H20N2O2. The first kappa shape index (κ1) is 14.2. The first-order chi connectivity index (χ1) is 9.56. The van der Waals surface area contributed by atoms with Crippen LogP contribution in [0.4, 0.5) is 5.69 Å². The van der Waals surface area contributed by atoms with Gasteiger partial charge in [-0.25, -0.2) is 0 Å². The fourth-order valence-electron chi connectivity index (χ4n) is 2.07. The zero-order valence-corrected chi connectivity index (χ0v) is 11.8. The summed E-state index contributed by atoms with van der Waals surface area (Å²) < 4.78 is 5.28. The van der Waals surface area contributed by atoms with Crippen LogP contribution in [0.25, 0.3) is 0 Å². The van der Waals surface area contributed by atoms with Gasteiger partial charge in [-0.15, -0.1) is 0 Å². The number of aryl methyl sites for hydroxylation is 2. The summed E-state index contributed by atoms with van der Waals surface area (Å²) in [5, 5.41) is 2.99. The Hall–Kier alpha value is -2.23. The molecule has 3 N–H and O–H groups in total. The normalized spacial score (nSPS) is 12.1. The highest BCUT2D eigenvalue weighted by molar-refractivity contribution is 5.96. The highest BCUT2D eigenvalue weighted by Gasteiger charge is 2.12. The Balaban J connectivity index is 1.91. The fourth-order valence-corrected chi connectivity index (χ4v) is 2.07. The van der Waals surface area contributed by atoms with Crippen LogP contribution in [0.5, 0.6) is 0 Å². The van der Waals surface area contributed by atoms with Crippen molar-refractivity contribution in [2.75, 3.05) is 5.73 Å². The van der Waals surface area contributed by atoms with Crippen molar-refractivity contribution < 1.29 is 9.21 Å². The lowest BCUT2D eigenvalue weighted by Crippen LogP contribution is -2.33. The van der Waals surface area contributed by atoms with Crippen molar-refractivity contribution in [3.8, 4) is 0 Å². The Morgan fingerprint density at radius 1 is 1.40 bits per heavy atom. The molecule has 106 valence electrons. The molecule has 4 heteroatoms. The Morgan fingerprint density at radius 3 is 2.90 bits per heavy atom. The lowest BCUT2D eigenvalue weighted by Gasteiger charge is -2.14. The van der Waals surface area contributed by atoms with Crippen LogP contribution in [0.2, 0.25) is 0 Å². The predicted molar refractivity (Wildman–Crippen MR) is 79.5 cm³/mol. The number of carbonyl (C=O) groups excluding carboxylic acids is 1. The van der Waals surface area contributed by atoms with Gasteiger partial charge in [0.2, 0.25) is 0 Å². The SMILES string of the molecule is Cc1ccc(N)cc1C(=O)NC(C)CCc1ccco1. The van der Waals surface area contributed by atoms with Crippen molar-refractivity contribution in [1.29, 1.82) is 0 Å². The number of rotatable bonds is 5. The van der Waals surface area contributed by atoms with E-state index in [0.29, 0.717) is 11.3 Å². The van der Waals surface area contributed by atoms with E-state index in [-0.39, 0.29) is 11.9 Å². The van der Waals surface area contributed by atoms with Gasteiger partial charge >= 0.3 is 0 Å². The average molecular weight is 272 g/mol. The predicted octanol–water partition coefficient (Wildman–Crippen LogP) is 2.92. The van der Waals surface area contributed by atoms with Crippen LogP contribution in [-0.2, 0) is 6.42 Å². The summed E-state index contributed by atoms with van der Waals surface area (Å²) in [7, 11) is 0. The van der Waals surface area contributed by atoms with E-state index in [0.717, 1.165) is 24.2 Å². The van der Waals surface area contributed by atoms with E-state index in [1.807, 2.05) is 32.0 Å². The standard InChI is InChI=1S/C16H20N2O2/c1-11-5-7-13(17)10-15(11)16(19)18-12(2)6-8-14-4-3-9-20-14/h3-5,7,9-10,12H,6,8,17H2,1-2H3,(H,18,19). The Labute approximate surface area is 119 Å². The molecule has 20 heavy (non-hydrogen) atoms. The van der Waals surface area contributed by atoms with Crippen molar-refractivity contribution in [3.63, 3.8) is 0 Å². The summed E-state index contributed by atoms with van der Waals surface area (Å²) >= 11 is 0. The minimum Gasteiger partial charge on any atom is -0.469 e. The number of hydrogen-bond acceptors (Lipinski definition) is 3. The molecule has 1 amide bonds. The molecule has 0 bridgehead atoms. The molecule has 0 saturated carbocycles. The second kappa shape index (κ2) is 6.28. The molecule has 0 spiro atoms. The van der Waals surface area contributed by atoms with Gasteiger partial charge in [-0.05, 0) is 50.1 Å². The fraction of sp³-hybridized carbons (Fsp3) is 0.312. The van der Waals surface area contributed by atoms with E-state index in [1.54, 1.807) is 18.4 Å². The van der Waals surface area contributed by atoms with Gasteiger partial charge in [0.1, 0.15) is 5.76 Å². The number of amides is 1. The molecule has 1 aromatic heterocycles. The number of nitrogens with one attached hydrogen (secondary N) is 1. The first-order valence-electron chi connectivity index (χ1n) is 6.75. The van der Waals surface area contributed by atoms with Crippen molar-refractivity contribution in [3.05, 3.63) is 53.5 Å². The third kappa shape index (κ3) is 3.63. The zero-order chi connectivity index (χ0) is 14.5. The van der Waals surface area contributed by atoms with Crippen molar-refractivity contribution in [2.45, 2.75) is 32.7 Å². The Bertz CT molecular complexity index is 576. The van der Waals surface area contributed by atoms with Gasteiger partial charge in [-0.1, -0.05) is 6.07 Å². The van der Waals surface area contributed by atoms with E-state index in [1.165, 1.54) is 0 Å². The zero-order valence-electron chi connectivity index (χ0n) is 11.8. The molecular weight excluding hydrogens is 252 g/mol. The quantitative estimate of drug-likeness (QED) is 0.822. The maximum Gasteiger partial charge on any atom is 0.251 e. The van der Waals surface area contributed by atoms with E-state index < -0.39 is 0 Å². The molecule has 2 aromatic rings. The number of nitrogen functional groups attached to an aromatic ring is 1. The molecule has 0 aliphatic rings. The third-order valence-electron chi connectivity index (χ3n) is 3.29. The molecule has 1 atom stereocenters. The number of benzene rings is 1. The van der Waals surface area contributed by atoms with Crippen LogP contribution in [0.15, 0.2) is 41.0 Å². The largest absolute Gasteiger partial charge is 0.469 e. The lowest BCUT2D eigenvalue weighted by atomic mass is 10.1. The summed E-state index contributed by atoms with van der Waals surface area (Å²) in [6, 6.07) is 9.26. The summed E-state index contributed by atoms with van der Waals surface area (Å²) in [5.41, 5.74) is 7.89. The highest BCUT2D eigenvalue weighted by atomic mass is 16.3. The molecule has 2 rings (SSSR count). The number of hydrogen-bond donors (Lipinski definition) is 2. The maximum absolute atomic E-state index is 12.2. The van der Waals surface area contributed by atoms with Crippen LogP contribution in [0, 0.1) is 6.92 Å². The smallest absolute Gasteiger partial charge is 0.251 e. The number of furan rings is 1. The second-order valence-corrected chi connectivity index (χ2v) is 5.07. The number of carbonyl (C=O) groups is 1. The van der Waals surface area contributed by atoms with E-state index in [9.17, 15) is 4.79 Å². The van der Waals surface area contributed by atoms with Crippen LogP contribution < -0.4 is 11.1 Å². The minimum atomic E-state index is -0.0817. The van der Waals surface area contributed by atoms with Gasteiger partial charge < -0.3 is 15.5 Å². The number of nitrogens with two attached hydrogens (primary N) is 1. The van der Waals surface area contributed by atoms with Crippen LogP contribution in [0.1, 0.15) is 35.0 Å². The molecule has 0 saturated heterocycles. The molecule has 1 heterocycles. The van der Waals surface area contributed by atoms with Gasteiger partial charge in [-0.3, -0.25) is 4.79 Å². The van der Waals surface area contributed by atoms with Gasteiger partial charge in [-0.2, -0.15) is 0 Å². The lowest BCUT2D eigenvalue weighted by molar-refractivity contribution is 0.0937. The van der Waals surface area contributed by atoms with E-state index >= 15 is 0 Å². The monoisotopic (exact) mass is 272 g/mol. The molecule has 4 nitrogen and oxygen atoms in total. The van der Waals surface area contributed by atoms with Gasteiger partial charge in [0.15, 0.2) is 0 Å². The topological polar surface area (TPSA) is 68.3 Å². The third-order valence-corrected chi connectivity index (χ3v) is 3.29.